The Balaban J connectivity index is 1.39. The van der Waals surface area contributed by atoms with Crippen LogP contribution >= 0.6 is 31.9 Å². The molecule has 0 aromatic carbocycles. The van der Waals surface area contributed by atoms with Crippen molar-refractivity contribution in [1.29, 1.82) is 0 Å². The molecule has 20 atom stereocenters. The standard InChI is InChI=1S/C26H26Br2O6/c1-31-19(29)21-11-5-6-12-7(11)9-15(21)23(27)17-10-8(13(5)25(17,21)33-3)14(6)26(34-4)18(10)24(23,28)16(9)22(12,26)20(30)32-2/h5-18H,1-4H3/t5-,6+,7?,8?,9?,10?,11-,12+,13-,14-,15+,16+,17+,18-,21-,22+,23-,24+,25-,26+/m1/s1. The Labute approximate surface area is 213 Å². The van der Waals surface area contributed by atoms with Crippen molar-refractivity contribution in [2.24, 2.45) is 93.7 Å². The zero-order valence-electron chi connectivity index (χ0n) is 19.3. The van der Waals surface area contributed by atoms with E-state index in [0.717, 1.165) is 0 Å². The largest absolute Gasteiger partial charge is 0.468 e. The monoisotopic (exact) mass is 592 g/mol. The van der Waals surface area contributed by atoms with Crippen LogP contribution in [-0.4, -0.2) is 60.2 Å². The van der Waals surface area contributed by atoms with Crippen molar-refractivity contribution in [2.75, 3.05) is 28.4 Å². The summed E-state index contributed by atoms with van der Waals surface area (Å²) in [6.45, 7) is 0. The first-order valence-corrected chi connectivity index (χ1v) is 14.5. The van der Waals surface area contributed by atoms with E-state index in [1.165, 1.54) is 0 Å². The highest BCUT2D eigenvalue weighted by Crippen LogP contribution is 3.10. The molecule has 0 saturated heterocycles. The van der Waals surface area contributed by atoms with Gasteiger partial charge in [0.15, 0.2) is 0 Å². The second-order valence-electron chi connectivity index (χ2n) is 13.7. The van der Waals surface area contributed by atoms with E-state index in [1.54, 1.807) is 14.2 Å². The lowest BCUT2D eigenvalue weighted by atomic mass is 9.59. The van der Waals surface area contributed by atoms with Gasteiger partial charge in [-0.25, -0.2) is 0 Å². The third kappa shape index (κ3) is 0.924. The zero-order chi connectivity index (χ0) is 23.1. The highest BCUT2D eigenvalue weighted by molar-refractivity contribution is 9.13. The number of halogens is 2. The van der Waals surface area contributed by atoms with Gasteiger partial charge >= 0.3 is 11.9 Å². The summed E-state index contributed by atoms with van der Waals surface area (Å²) >= 11 is 8.97. The van der Waals surface area contributed by atoms with Crippen LogP contribution in [0.15, 0.2) is 0 Å². The van der Waals surface area contributed by atoms with Crippen molar-refractivity contribution in [3.8, 4) is 0 Å². The quantitative estimate of drug-likeness (QED) is 0.367. The molecular weight excluding hydrogens is 568 g/mol. The summed E-state index contributed by atoms with van der Waals surface area (Å²) in [4.78, 5) is 28.5. The molecule has 12 aliphatic rings. The van der Waals surface area contributed by atoms with E-state index in [1.807, 2.05) is 14.2 Å². The van der Waals surface area contributed by atoms with Crippen LogP contribution in [0.3, 0.4) is 0 Å². The van der Waals surface area contributed by atoms with Gasteiger partial charge in [0, 0.05) is 26.1 Å². The summed E-state index contributed by atoms with van der Waals surface area (Å²) in [6.07, 6.45) is 0. The number of esters is 2. The normalized spacial score (nSPS) is 81.2. The van der Waals surface area contributed by atoms with Crippen LogP contribution in [0, 0.1) is 93.7 Å². The lowest BCUT2D eigenvalue weighted by Crippen LogP contribution is -2.61. The zero-order valence-corrected chi connectivity index (χ0v) is 22.5. The van der Waals surface area contributed by atoms with E-state index in [4.69, 9.17) is 18.9 Å². The molecule has 180 valence electrons. The van der Waals surface area contributed by atoms with Crippen LogP contribution in [-0.2, 0) is 28.5 Å². The minimum absolute atomic E-state index is 0.0356. The highest BCUT2D eigenvalue weighted by Gasteiger charge is 3.16. The van der Waals surface area contributed by atoms with E-state index < -0.39 is 22.0 Å². The smallest absolute Gasteiger partial charge is 0.315 e. The van der Waals surface area contributed by atoms with Crippen LogP contribution in [0.4, 0.5) is 0 Å². The van der Waals surface area contributed by atoms with Crippen molar-refractivity contribution in [3.63, 3.8) is 0 Å². The maximum atomic E-state index is 14.2. The molecule has 12 aliphatic carbocycles. The first-order valence-electron chi connectivity index (χ1n) is 12.9. The Hall–Kier alpha value is -0.180. The van der Waals surface area contributed by atoms with Crippen molar-refractivity contribution in [2.45, 2.75) is 19.9 Å². The summed E-state index contributed by atoms with van der Waals surface area (Å²) in [6, 6.07) is 0. The fourth-order valence-electron chi connectivity index (χ4n) is 17.3. The van der Waals surface area contributed by atoms with Gasteiger partial charge in [0.1, 0.15) is 10.8 Å². The predicted octanol–water partition coefficient (Wildman–Crippen LogP) is 2.12. The Morgan fingerprint density at radius 1 is 0.559 bits per heavy atom. The lowest BCUT2D eigenvalue weighted by molar-refractivity contribution is -0.201. The maximum absolute atomic E-state index is 14.2. The number of carbonyl (C=O) groups is 2. The number of methoxy groups -OCH3 is 4. The topological polar surface area (TPSA) is 71.1 Å². The average Bonchev–Trinajstić information content (AvgIpc) is 3.64. The van der Waals surface area contributed by atoms with E-state index >= 15 is 0 Å². The molecule has 8 heteroatoms. The first-order chi connectivity index (χ1) is 16.3. The van der Waals surface area contributed by atoms with Gasteiger partial charge in [0.05, 0.1) is 34.1 Å². The molecule has 12 rings (SSSR count). The van der Waals surface area contributed by atoms with Gasteiger partial charge in [-0.15, -0.1) is 0 Å². The fraction of sp³-hybridized carbons (Fsp3) is 0.923. The molecule has 0 heterocycles. The molecule has 0 amide bonds. The summed E-state index contributed by atoms with van der Waals surface area (Å²) < 4.78 is 24.6. The van der Waals surface area contributed by atoms with Gasteiger partial charge < -0.3 is 18.9 Å². The summed E-state index contributed by atoms with van der Waals surface area (Å²) in [5.74, 6) is 4.22. The Kier molecular flexibility index (Phi) is 2.40. The number of carbonyl (C=O) groups excluding carboxylic acids is 2. The minimum Gasteiger partial charge on any atom is -0.468 e. The molecule has 0 spiro atoms. The number of rotatable bonds is 4. The van der Waals surface area contributed by atoms with Gasteiger partial charge in [-0.3, -0.25) is 9.59 Å². The molecule has 34 heavy (non-hydrogen) atoms. The van der Waals surface area contributed by atoms with Gasteiger partial charge in [-0.05, 0) is 71.0 Å². The summed E-state index contributed by atoms with van der Waals surface area (Å²) in [7, 11) is 6.91. The molecule has 0 aromatic heterocycles. The lowest BCUT2D eigenvalue weighted by Gasteiger charge is -2.49. The van der Waals surface area contributed by atoms with E-state index in [-0.39, 0.29) is 62.0 Å². The van der Waals surface area contributed by atoms with Crippen LogP contribution in [0.2, 0.25) is 0 Å². The average molecular weight is 594 g/mol. The number of alkyl halides is 2. The molecule has 0 radical (unpaired) electrons. The van der Waals surface area contributed by atoms with Crippen LogP contribution in [0.1, 0.15) is 0 Å². The Bertz CT molecular complexity index is 1170. The molecule has 12 saturated carbocycles. The molecule has 0 bridgehead atoms. The van der Waals surface area contributed by atoms with Gasteiger partial charge in [0.25, 0.3) is 0 Å². The molecule has 4 unspecified atom stereocenters. The van der Waals surface area contributed by atoms with Crippen molar-refractivity contribution in [3.05, 3.63) is 0 Å². The van der Waals surface area contributed by atoms with E-state index in [9.17, 15) is 9.59 Å². The number of hydrogen-bond acceptors (Lipinski definition) is 6. The first kappa shape index (κ1) is 19.0. The second-order valence-corrected chi connectivity index (χ2v) is 16.4. The molecule has 0 N–H and O–H groups in total. The molecule has 0 aliphatic heterocycles. The second kappa shape index (κ2) is 4.31. The van der Waals surface area contributed by atoms with E-state index in [2.05, 4.69) is 31.9 Å². The third-order valence-corrected chi connectivity index (χ3v) is 19.4. The van der Waals surface area contributed by atoms with Crippen molar-refractivity contribution >= 4 is 43.8 Å². The van der Waals surface area contributed by atoms with Crippen LogP contribution < -0.4 is 0 Å². The molecule has 6 nitrogen and oxygen atoms in total. The van der Waals surface area contributed by atoms with Crippen LogP contribution in [0.25, 0.3) is 0 Å². The van der Waals surface area contributed by atoms with Crippen molar-refractivity contribution in [1.82, 2.24) is 0 Å². The summed E-state index contributed by atoms with van der Waals surface area (Å²) in [5.41, 5.74) is -2.15. The molecule has 0 aromatic rings. The van der Waals surface area contributed by atoms with Crippen LogP contribution in [0.5, 0.6) is 0 Å². The third-order valence-electron chi connectivity index (χ3n) is 15.6. The van der Waals surface area contributed by atoms with Gasteiger partial charge in [0.2, 0.25) is 0 Å². The number of ether oxygens (including phenoxy) is 4. The SMILES string of the molecule is COC(=O)[C@]12[C@@H]3C4C5[C@@H]1[C@]1(Br)[C@H]6C7C8[C@@H]([C@H]3[C@H]3[C@H]8[C@@]8(OC)[C@@H]7[C@]1(Br)[C@@H]5[C@@]8(C(=O)OC)[C@@H]43)[C@]62OC. The van der Waals surface area contributed by atoms with Gasteiger partial charge in [-0.2, -0.15) is 0 Å². The minimum atomic E-state index is -0.605. The van der Waals surface area contributed by atoms with E-state index in [0.29, 0.717) is 41.4 Å². The maximum Gasteiger partial charge on any atom is 0.315 e. The van der Waals surface area contributed by atoms with Crippen molar-refractivity contribution < 1.29 is 28.5 Å². The van der Waals surface area contributed by atoms with Gasteiger partial charge in [-0.1, -0.05) is 31.9 Å². The highest BCUT2D eigenvalue weighted by atomic mass is 79.9. The molecule has 12 fully saturated rings. The Morgan fingerprint density at radius 2 is 0.912 bits per heavy atom. The predicted molar refractivity (Wildman–Crippen MR) is 121 cm³/mol. The summed E-state index contributed by atoms with van der Waals surface area (Å²) in [5, 5.41) is 0. The molecular formula is C26H26Br2O6. The number of hydrogen-bond donors (Lipinski definition) is 0. The fourth-order valence-corrected chi connectivity index (χ4v) is 21.0. The Morgan fingerprint density at radius 3 is 1.29 bits per heavy atom.